The second-order valence-corrected chi connectivity index (χ2v) is 5.96. The molecule has 6 nitrogen and oxygen atoms in total. The highest BCUT2D eigenvalue weighted by Crippen LogP contribution is 2.27. The average molecular weight is 492 g/mol. The number of pyridine rings is 1. The van der Waals surface area contributed by atoms with Crippen LogP contribution in [0.4, 0.5) is 0 Å². The molecule has 0 saturated heterocycles. The van der Waals surface area contributed by atoms with Gasteiger partial charge >= 0.3 is 0 Å². The van der Waals surface area contributed by atoms with Crippen molar-refractivity contribution in [2.75, 3.05) is 21.3 Å². The molecule has 0 fully saturated rings. The van der Waals surface area contributed by atoms with Crippen LogP contribution >= 0.6 is 24.0 Å². The van der Waals surface area contributed by atoms with Gasteiger partial charge in [-0.05, 0) is 29.3 Å². The van der Waals surface area contributed by atoms with Crippen molar-refractivity contribution in [3.63, 3.8) is 0 Å². The van der Waals surface area contributed by atoms with Crippen LogP contribution in [-0.4, -0.2) is 32.2 Å². The van der Waals surface area contributed by atoms with Crippen LogP contribution in [0, 0.1) is 0 Å². The molecule has 1 aromatic heterocycles. The first-order valence-electron chi connectivity index (χ1n) is 8.73. The van der Waals surface area contributed by atoms with Crippen molar-refractivity contribution in [3.8, 4) is 11.5 Å². The largest absolute Gasteiger partial charge is 0.493 e. The van der Waals surface area contributed by atoms with Gasteiger partial charge in [0.15, 0.2) is 17.5 Å². The van der Waals surface area contributed by atoms with Crippen LogP contribution in [0.15, 0.2) is 59.7 Å². The lowest BCUT2D eigenvalue weighted by atomic mass is 10.1. The van der Waals surface area contributed by atoms with Gasteiger partial charge < -0.3 is 20.1 Å². The number of halogens is 1. The summed E-state index contributed by atoms with van der Waals surface area (Å²) >= 11 is 0. The Morgan fingerprint density at radius 3 is 2.46 bits per heavy atom. The van der Waals surface area contributed by atoms with Gasteiger partial charge in [-0.15, -0.1) is 24.0 Å². The van der Waals surface area contributed by atoms with E-state index in [1.54, 1.807) is 21.3 Å². The molecule has 0 bridgehead atoms. The van der Waals surface area contributed by atoms with Crippen molar-refractivity contribution >= 4 is 40.8 Å². The molecule has 0 unspecified atom stereocenters. The second-order valence-electron chi connectivity index (χ2n) is 5.96. The van der Waals surface area contributed by atoms with E-state index in [4.69, 9.17) is 9.47 Å². The monoisotopic (exact) mass is 492 g/mol. The molecule has 2 N–H and O–H groups in total. The third-order valence-electron chi connectivity index (χ3n) is 4.29. The van der Waals surface area contributed by atoms with Crippen LogP contribution in [-0.2, 0) is 13.1 Å². The normalized spacial score (nSPS) is 10.9. The van der Waals surface area contributed by atoms with Gasteiger partial charge in [0.2, 0.25) is 0 Å². The van der Waals surface area contributed by atoms with Crippen molar-refractivity contribution in [3.05, 3.63) is 65.9 Å². The SMILES string of the molecule is CN=C(NCc1ccc(OC)c(OC)c1)NCc1cccc2cccnc12.I. The average Bonchev–Trinajstić information content (AvgIpc) is 2.73. The van der Waals surface area contributed by atoms with Crippen LogP contribution < -0.4 is 20.1 Å². The number of hydrogen-bond acceptors (Lipinski definition) is 4. The molecule has 0 aliphatic heterocycles. The summed E-state index contributed by atoms with van der Waals surface area (Å²) in [6, 6.07) is 16.0. The lowest BCUT2D eigenvalue weighted by Gasteiger charge is -2.14. The molecule has 0 saturated carbocycles. The van der Waals surface area contributed by atoms with E-state index in [0.29, 0.717) is 24.6 Å². The molecule has 0 aliphatic carbocycles. The Balaban J connectivity index is 0.00000280. The van der Waals surface area contributed by atoms with Crippen LogP contribution in [0.5, 0.6) is 11.5 Å². The minimum atomic E-state index is 0. The van der Waals surface area contributed by atoms with Crippen LogP contribution in [0.25, 0.3) is 10.9 Å². The van der Waals surface area contributed by atoms with Gasteiger partial charge in [-0.25, -0.2) is 0 Å². The number of fused-ring (bicyclic) bond motifs is 1. The van der Waals surface area contributed by atoms with Crippen molar-refractivity contribution in [1.82, 2.24) is 15.6 Å². The maximum atomic E-state index is 5.35. The van der Waals surface area contributed by atoms with Crippen molar-refractivity contribution in [2.45, 2.75) is 13.1 Å². The van der Waals surface area contributed by atoms with E-state index >= 15 is 0 Å². The number of nitrogens with one attached hydrogen (secondary N) is 2. The molecule has 3 aromatic rings. The highest BCUT2D eigenvalue weighted by atomic mass is 127. The minimum Gasteiger partial charge on any atom is -0.493 e. The number of methoxy groups -OCH3 is 2. The predicted octanol–water partition coefficient (Wildman–Crippen LogP) is 3.74. The number of nitrogens with zero attached hydrogens (tertiary/aromatic N) is 2. The zero-order valence-electron chi connectivity index (χ0n) is 16.2. The molecule has 0 atom stereocenters. The van der Waals surface area contributed by atoms with Gasteiger partial charge in [-0.1, -0.05) is 30.3 Å². The van der Waals surface area contributed by atoms with Gasteiger partial charge in [0.25, 0.3) is 0 Å². The van der Waals surface area contributed by atoms with Crippen molar-refractivity contribution < 1.29 is 9.47 Å². The Bertz CT molecular complexity index is 941. The topological polar surface area (TPSA) is 67.8 Å². The van der Waals surface area contributed by atoms with Crippen molar-refractivity contribution in [1.29, 1.82) is 0 Å². The Morgan fingerprint density at radius 1 is 0.964 bits per heavy atom. The van der Waals surface area contributed by atoms with Gasteiger partial charge in [-0.2, -0.15) is 0 Å². The zero-order valence-corrected chi connectivity index (χ0v) is 18.6. The quantitative estimate of drug-likeness (QED) is 0.312. The number of aromatic nitrogens is 1. The van der Waals surface area contributed by atoms with E-state index < -0.39 is 0 Å². The summed E-state index contributed by atoms with van der Waals surface area (Å²) in [5, 5.41) is 7.79. The third-order valence-corrected chi connectivity index (χ3v) is 4.29. The maximum Gasteiger partial charge on any atom is 0.191 e. The van der Waals surface area contributed by atoms with E-state index in [0.717, 1.165) is 28.0 Å². The summed E-state index contributed by atoms with van der Waals surface area (Å²) < 4.78 is 10.6. The number of rotatable bonds is 6. The Labute approximate surface area is 182 Å². The number of guanidine groups is 1. The smallest absolute Gasteiger partial charge is 0.191 e. The molecule has 7 heteroatoms. The molecular weight excluding hydrogens is 467 g/mol. The molecule has 28 heavy (non-hydrogen) atoms. The van der Waals surface area contributed by atoms with Crippen LogP contribution in [0.3, 0.4) is 0 Å². The summed E-state index contributed by atoms with van der Waals surface area (Å²) in [5.41, 5.74) is 3.20. The molecule has 148 valence electrons. The summed E-state index contributed by atoms with van der Waals surface area (Å²) in [7, 11) is 5.02. The second kappa shape index (κ2) is 10.7. The Kier molecular flexibility index (Phi) is 8.31. The highest BCUT2D eigenvalue weighted by Gasteiger charge is 2.06. The Morgan fingerprint density at radius 2 is 1.71 bits per heavy atom. The number of hydrogen-bond donors (Lipinski definition) is 2. The summed E-state index contributed by atoms with van der Waals surface area (Å²) in [5.74, 6) is 2.14. The molecule has 0 amide bonds. The number of para-hydroxylation sites is 1. The minimum absolute atomic E-state index is 0. The Hall–Kier alpha value is -2.55. The van der Waals surface area contributed by atoms with Gasteiger partial charge in [-0.3, -0.25) is 9.98 Å². The molecular formula is C21H25IN4O2. The van der Waals surface area contributed by atoms with Gasteiger partial charge in [0.1, 0.15) is 0 Å². The van der Waals surface area contributed by atoms with Gasteiger partial charge in [0, 0.05) is 31.7 Å². The molecule has 2 aromatic carbocycles. The lowest BCUT2D eigenvalue weighted by Crippen LogP contribution is -2.36. The fraction of sp³-hybridized carbons (Fsp3) is 0.238. The lowest BCUT2D eigenvalue weighted by molar-refractivity contribution is 0.354. The third kappa shape index (κ3) is 5.25. The first-order chi connectivity index (χ1) is 13.2. The summed E-state index contributed by atoms with van der Waals surface area (Å²) in [4.78, 5) is 8.78. The van der Waals surface area contributed by atoms with E-state index in [1.165, 1.54) is 0 Å². The fourth-order valence-electron chi connectivity index (χ4n) is 2.89. The van der Waals surface area contributed by atoms with E-state index in [9.17, 15) is 0 Å². The number of benzene rings is 2. The first-order valence-corrected chi connectivity index (χ1v) is 8.73. The van der Waals surface area contributed by atoms with Crippen LogP contribution in [0.1, 0.15) is 11.1 Å². The summed E-state index contributed by atoms with van der Waals surface area (Å²) in [6.45, 7) is 1.26. The first kappa shape index (κ1) is 21.7. The molecule has 3 rings (SSSR count). The van der Waals surface area contributed by atoms with E-state index in [-0.39, 0.29) is 24.0 Å². The standard InChI is InChI=1S/C21H24N4O2.HI/c1-22-21(24-13-15-9-10-18(26-2)19(12-15)27-3)25-14-17-7-4-6-16-8-5-11-23-20(16)17;/h4-12H,13-14H2,1-3H3,(H2,22,24,25);1H. The predicted molar refractivity (Wildman–Crippen MR) is 124 cm³/mol. The molecule has 0 radical (unpaired) electrons. The fourth-order valence-corrected chi connectivity index (χ4v) is 2.89. The molecule has 0 spiro atoms. The van der Waals surface area contributed by atoms with Crippen LogP contribution in [0.2, 0.25) is 0 Å². The van der Waals surface area contributed by atoms with E-state index in [2.05, 4.69) is 38.8 Å². The molecule has 1 heterocycles. The summed E-state index contributed by atoms with van der Waals surface area (Å²) in [6.07, 6.45) is 1.82. The highest BCUT2D eigenvalue weighted by molar-refractivity contribution is 14.0. The number of aliphatic imine (C=N–C) groups is 1. The zero-order chi connectivity index (χ0) is 19.1. The molecule has 0 aliphatic rings. The number of ether oxygens (including phenoxy) is 2. The van der Waals surface area contributed by atoms with Crippen molar-refractivity contribution in [2.24, 2.45) is 4.99 Å². The maximum absolute atomic E-state index is 5.35. The van der Waals surface area contributed by atoms with Gasteiger partial charge in [0.05, 0.1) is 19.7 Å². The van der Waals surface area contributed by atoms with E-state index in [1.807, 2.05) is 36.5 Å².